The second-order valence-corrected chi connectivity index (χ2v) is 4.60. The lowest BCUT2D eigenvalue weighted by Crippen LogP contribution is -2.27. The minimum absolute atomic E-state index is 0.260. The summed E-state index contributed by atoms with van der Waals surface area (Å²) in [6, 6.07) is 0. The molecule has 3 heteroatoms. The zero-order valence-corrected chi connectivity index (χ0v) is 12.5. The van der Waals surface area contributed by atoms with Crippen molar-refractivity contribution in [3.05, 3.63) is 24.3 Å². The molecule has 0 spiro atoms. The molecule has 0 fully saturated rings. The van der Waals surface area contributed by atoms with E-state index in [-0.39, 0.29) is 12.0 Å². The fourth-order valence-corrected chi connectivity index (χ4v) is 1.45. The number of allylic oxidation sites excluding steroid dienone is 3. The maximum absolute atomic E-state index is 11.6. The molecule has 0 aliphatic rings. The summed E-state index contributed by atoms with van der Waals surface area (Å²) >= 11 is 0. The molecule has 0 amide bonds. The van der Waals surface area contributed by atoms with E-state index in [1.807, 2.05) is 39.0 Å². The summed E-state index contributed by atoms with van der Waals surface area (Å²) in [5, 5.41) is 0. The third-order valence-electron chi connectivity index (χ3n) is 3.01. The number of rotatable bonds is 9. The number of hydrogen-bond acceptors (Lipinski definition) is 3. The maximum atomic E-state index is 11.6. The zero-order chi connectivity index (χ0) is 14.7. The molecule has 2 unspecified atom stereocenters. The molecule has 0 radical (unpaired) electrons. The van der Waals surface area contributed by atoms with Crippen molar-refractivity contribution in [1.29, 1.82) is 0 Å². The molecule has 0 N–H and O–H groups in total. The van der Waals surface area contributed by atoms with Crippen molar-refractivity contribution < 1.29 is 14.3 Å². The second kappa shape index (κ2) is 10.5. The van der Waals surface area contributed by atoms with Gasteiger partial charge in [0, 0.05) is 5.92 Å². The summed E-state index contributed by atoms with van der Waals surface area (Å²) in [7, 11) is 0. The minimum Gasteiger partial charge on any atom is -0.452 e. The Hall–Kier alpha value is -1.38. The van der Waals surface area contributed by atoms with E-state index in [1.54, 1.807) is 6.92 Å². The third kappa shape index (κ3) is 7.60. The van der Waals surface area contributed by atoms with Gasteiger partial charge in [0.25, 0.3) is 0 Å². The van der Waals surface area contributed by atoms with Crippen LogP contribution in [0, 0.1) is 5.92 Å². The van der Waals surface area contributed by atoms with Crippen LogP contribution in [-0.4, -0.2) is 17.9 Å². The van der Waals surface area contributed by atoms with Crippen molar-refractivity contribution in [3.8, 4) is 0 Å². The Morgan fingerprint density at radius 1 is 1.11 bits per heavy atom. The monoisotopic (exact) mass is 266 g/mol. The normalized spacial score (nSPS) is 14.7. The van der Waals surface area contributed by atoms with Crippen LogP contribution in [0.4, 0.5) is 0 Å². The van der Waals surface area contributed by atoms with E-state index < -0.39 is 11.8 Å². The summed E-state index contributed by atoms with van der Waals surface area (Å²) < 4.78 is 5.20. The third-order valence-corrected chi connectivity index (χ3v) is 3.01. The lowest BCUT2D eigenvalue weighted by molar-refractivity contribution is -0.158. The molecule has 0 saturated heterocycles. The smallest absolute Gasteiger partial charge is 0.375 e. The largest absolute Gasteiger partial charge is 0.452 e. The van der Waals surface area contributed by atoms with Crippen LogP contribution in [0.2, 0.25) is 0 Å². The van der Waals surface area contributed by atoms with Gasteiger partial charge in [-0.15, -0.1) is 0 Å². The molecule has 3 nitrogen and oxygen atoms in total. The van der Waals surface area contributed by atoms with E-state index >= 15 is 0 Å². The maximum Gasteiger partial charge on any atom is 0.375 e. The molecule has 0 heterocycles. The van der Waals surface area contributed by atoms with Gasteiger partial charge in [-0.1, -0.05) is 39.0 Å². The minimum atomic E-state index is -0.709. The predicted molar refractivity (Wildman–Crippen MR) is 77.8 cm³/mol. The van der Waals surface area contributed by atoms with Crippen LogP contribution < -0.4 is 0 Å². The van der Waals surface area contributed by atoms with Crippen molar-refractivity contribution >= 4 is 11.8 Å². The van der Waals surface area contributed by atoms with Crippen molar-refractivity contribution in [2.75, 3.05) is 0 Å². The fourth-order valence-electron chi connectivity index (χ4n) is 1.45. The number of carbonyl (C=O) groups is 2. The SMILES string of the molecule is C/C=C/CC/C=C/C(CC)OC(=O)C(=O)C(C)CC. The summed E-state index contributed by atoms with van der Waals surface area (Å²) in [6.45, 7) is 7.55. The van der Waals surface area contributed by atoms with Crippen LogP contribution in [0.3, 0.4) is 0 Å². The van der Waals surface area contributed by atoms with Gasteiger partial charge >= 0.3 is 5.97 Å². The van der Waals surface area contributed by atoms with E-state index in [1.165, 1.54) is 0 Å². The second-order valence-electron chi connectivity index (χ2n) is 4.60. The van der Waals surface area contributed by atoms with Gasteiger partial charge in [0.15, 0.2) is 0 Å². The molecule has 0 bridgehead atoms. The van der Waals surface area contributed by atoms with E-state index in [0.29, 0.717) is 12.8 Å². The van der Waals surface area contributed by atoms with Crippen LogP contribution in [0.1, 0.15) is 53.4 Å². The van der Waals surface area contributed by atoms with Gasteiger partial charge in [0.2, 0.25) is 5.78 Å². The molecule has 0 aliphatic heterocycles. The first kappa shape index (κ1) is 17.6. The first-order valence-corrected chi connectivity index (χ1v) is 7.09. The van der Waals surface area contributed by atoms with Gasteiger partial charge in [-0.2, -0.15) is 0 Å². The molecule has 19 heavy (non-hydrogen) atoms. The van der Waals surface area contributed by atoms with Gasteiger partial charge in [-0.25, -0.2) is 4.79 Å². The predicted octanol–water partition coefficient (Wildman–Crippen LogP) is 3.84. The Bertz CT molecular complexity index is 329. The van der Waals surface area contributed by atoms with Gasteiger partial charge in [-0.3, -0.25) is 4.79 Å². The standard InChI is InChI=1S/C16H26O3/c1-5-8-9-10-11-12-14(7-3)19-16(18)15(17)13(4)6-2/h5,8,11-14H,6-7,9-10H2,1-4H3/b8-5+,12-11+. The first-order chi connectivity index (χ1) is 9.06. The summed E-state index contributed by atoms with van der Waals surface area (Å²) in [6.07, 6.45) is 10.9. The highest BCUT2D eigenvalue weighted by molar-refractivity contribution is 6.34. The van der Waals surface area contributed by atoms with Gasteiger partial charge < -0.3 is 4.74 Å². The van der Waals surface area contributed by atoms with Crippen LogP contribution in [0.15, 0.2) is 24.3 Å². The van der Waals surface area contributed by atoms with E-state index in [9.17, 15) is 9.59 Å². The molecule has 0 aliphatic carbocycles. The van der Waals surface area contributed by atoms with Gasteiger partial charge in [-0.05, 0) is 38.7 Å². The van der Waals surface area contributed by atoms with E-state index in [0.717, 1.165) is 12.8 Å². The average molecular weight is 266 g/mol. The van der Waals surface area contributed by atoms with Crippen molar-refractivity contribution in [3.63, 3.8) is 0 Å². The summed E-state index contributed by atoms with van der Waals surface area (Å²) in [4.78, 5) is 23.3. The van der Waals surface area contributed by atoms with Crippen LogP contribution in [0.25, 0.3) is 0 Å². The lowest BCUT2D eigenvalue weighted by atomic mass is 10.0. The lowest BCUT2D eigenvalue weighted by Gasteiger charge is -2.13. The molecule has 0 aromatic heterocycles. The highest BCUT2D eigenvalue weighted by atomic mass is 16.5. The molecule has 108 valence electrons. The van der Waals surface area contributed by atoms with Crippen molar-refractivity contribution in [2.45, 2.75) is 59.5 Å². The van der Waals surface area contributed by atoms with E-state index in [4.69, 9.17) is 4.74 Å². The van der Waals surface area contributed by atoms with Crippen LogP contribution in [0.5, 0.6) is 0 Å². The molecular weight excluding hydrogens is 240 g/mol. The quantitative estimate of drug-likeness (QED) is 0.276. The average Bonchev–Trinajstić information content (AvgIpc) is 2.43. The van der Waals surface area contributed by atoms with Crippen molar-refractivity contribution in [1.82, 2.24) is 0 Å². The van der Waals surface area contributed by atoms with E-state index in [2.05, 4.69) is 6.08 Å². The Morgan fingerprint density at radius 3 is 2.26 bits per heavy atom. The number of esters is 1. The number of hydrogen-bond donors (Lipinski definition) is 0. The zero-order valence-electron chi connectivity index (χ0n) is 12.5. The summed E-state index contributed by atoms with van der Waals surface area (Å²) in [5.41, 5.74) is 0. The van der Waals surface area contributed by atoms with Crippen molar-refractivity contribution in [2.24, 2.45) is 5.92 Å². The fraction of sp³-hybridized carbons (Fsp3) is 0.625. The first-order valence-electron chi connectivity index (χ1n) is 7.09. The molecule has 0 rings (SSSR count). The molecular formula is C16H26O3. The highest BCUT2D eigenvalue weighted by Crippen LogP contribution is 2.08. The molecule has 2 atom stereocenters. The summed E-state index contributed by atoms with van der Waals surface area (Å²) in [5.74, 6) is -1.40. The number of Topliss-reactive ketones (excluding diaryl/α,β-unsaturated/α-hetero) is 1. The number of carbonyl (C=O) groups excluding carboxylic acids is 2. The topological polar surface area (TPSA) is 43.4 Å². The molecule has 0 aromatic carbocycles. The molecule has 0 aromatic rings. The highest BCUT2D eigenvalue weighted by Gasteiger charge is 2.23. The number of ether oxygens (including phenoxy) is 1. The Morgan fingerprint density at radius 2 is 1.74 bits per heavy atom. The Kier molecular flexibility index (Phi) is 9.77. The van der Waals surface area contributed by atoms with Gasteiger partial charge in [0.1, 0.15) is 6.10 Å². The Balaban J connectivity index is 4.24. The van der Waals surface area contributed by atoms with Crippen LogP contribution in [-0.2, 0) is 14.3 Å². The van der Waals surface area contributed by atoms with Gasteiger partial charge in [0.05, 0.1) is 0 Å². The molecule has 0 saturated carbocycles. The Labute approximate surface area is 116 Å². The number of unbranched alkanes of at least 4 members (excludes halogenated alkanes) is 1. The van der Waals surface area contributed by atoms with Crippen LogP contribution >= 0.6 is 0 Å². The number of ketones is 1.